The topological polar surface area (TPSA) is 47.4 Å². The number of rotatable bonds is 7. The molecule has 1 heterocycles. The minimum Gasteiger partial charge on any atom is -0.497 e. The van der Waals surface area contributed by atoms with Crippen LogP contribution in [0.4, 0.5) is 13.2 Å². The Balaban J connectivity index is 1.87. The zero-order valence-corrected chi connectivity index (χ0v) is 19.4. The molecule has 0 radical (unpaired) electrons. The van der Waals surface area contributed by atoms with Crippen molar-refractivity contribution in [2.75, 3.05) is 13.7 Å². The number of carbonyl (C=O) groups is 1. The van der Waals surface area contributed by atoms with Crippen molar-refractivity contribution in [3.05, 3.63) is 76.6 Å². The molecule has 3 aromatic rings. The number of aryl methyl sites for hydroxylation is 1. The molecule has 3 rings (SSSR count). The van der Waals surface area contributed by atoms with Crippen LogP contribution in [0.2, 0.25) is 0 Å². The summed E-state index contributed by atoms with van der Waals surface area (Å²) in [6.45, 7) is 7.92. The first-order valence-corrected chi connectivity index (χ1v) is 10.7. The Kier molecular flexibility index (Phi) is 7.15. The zero-order chi connectivity index (χ0) is 24.3. The Hall–Kier alpha value is -3.29. The third kappa shape index (κ3) is 5.21. The van der Waals surface area contributed by atoms with Gasteiger partial charge in [-0.3, -0.25) is 4.79 Å². The number of benzene rings is 2. The molecular formula is C25H28F3N3O2. The third-order valence-corrected chi connectivity index (χ3v) is 5.89. The van der Waals surface area contributed by atoms with E-state index in [0.717, 1.165) is 23.4 Å². The van der Waals surface area contributed by atoms with Crippen LogP contribution in [0, 0.1) is 13.8 Å². The number of carbonyl (C=O) groups excluding carboxylic acids is 1. The van der Waals surface area contributed by atoms with Gasteiger partial charge in [0.2, 0.25) is 5.91 Å². The fraction of sp³-hybridized carbons (Fsp3) is 0.360. The molecule has 1 amide bonds. The number of ether oxygens (including phenoxy) is 1. The van der Waals surface area contributed by atoms with Gasteiger partial charge in [0.15, 0.2) is 0 Å². The van der Waals surface area contributed by atoms with Crippen LogP contribution in [0.25, 0.3) is 5.69 Å². The van der Waals surface area contributed by atoms with Gasteiger partial charge < -0.3 is 9.64 Å². The lowest BCUT2D eigenvalue weighted by atomic mass is 10.0. The van der Waals surface area contributed by atoms with Gasteiger partial charge in [-0.2, -0.15) is 18.3 Å². The average molecular weight is 460 g/mol. The van der Waals surface area contributed by atoms with Gasteiger partial charge >= 0.3 is 6.18 Å². The Labute approximate surface area is 191 Å². The van der Waals surface area contributed by atoms with Gasteiger partial charge in [-0.15, -0.1) is 0 Å². The monoisotopic (exact) mass is 459 g/mol. The Morgan fingerprint density at radius 2 is 1.85 bits per heavy atom. The molecule has 0 bridgehead atoms. The Morgan fingerprint density at radius 1 is 1.15 bits per heavy atom. The van der Waals surface area contributed by atoms with Gasteiger partial charge in [0.25, 0.3) is 0 Å². The SMILES string of the molecule is CCN(C(=O)Cc1c(C)nn(-c2cccc(C(F)(F)F)c2)c1C)C(C)c1cccc(OC)c1. The summed E-state index contributed by atoms with van der Waals surface area (Å²) >= 11 is 0. The molecule has 0 fully saturated rings. The second kappa shape index (κ2) is 9.68. The summed E-state index contributed by atoms with van der Waals surface area (Å²) in [7, 11) is 1.60. The molecule has 0 spiro atoms. The maximum atomic E-state index is 13.3. The van der Waals surface area contributed by atoms with E-state index in [1.54, 1.807) is 31.9 Å². The minimum atomic E-state index is -4.44. The molecular weight excluding hydrogens is 431 g/mol. The van der Waals surface area contributed by atoms with E-state index in [9.17, 15) is 18.0 Å². The van der Waals surface area contributed by atoms with Crippen molar-refractivity contribution >= 4 is 5.91 Å². The summed E-state index contributed by atoms with van der Waals surface area (Å²) in [5.41, 5.74) is 2.50. The van der Waals surface area contributed by atoms with E-state index >= 15 is 0 Å². The molecule has 0 saturated heterocycles. The smallest absolute Gasteiger partial charge is 0.416 e. The normalized spacial score (nSPS) is 12.5. The lowest BCUT2D eigenvalue weighted by Gasteiger charge is -2.29. The average Bonchev–Trinajstić information content (AvgIpc) is 3.07. The number of nitrogens with zero attached hydrogens (tertiary/aromatic N) is 3. The van der Waals surface area contributed by atoms with Gasteiger partial charge in [0.05, 0.1) is 36.5 Å². The summed E-state index contributed by atoms with van der Waals surface area (Å²) in [4.78, 5) is 15.0. The van der Waals surface area contributed by atoms with Gasteiger partial charge in [-0.25, -0.2) is 4.68 Å². The van der Waals surface area contributed by atoms with Gasteiger partial charge in [0.1, 0.15) is 5.75 Å². The number of methoxy groups -OCH3 is 1. The standard InChI is InChI=1S/C25H28F3N3O2/c1-6-30(17(3)19-9-7-12-22(13-19)33-5)24(32)15-23-16(2)29-31(18(23)4)21-11-8-10-20(14-21)25(26,27)28/h7-14,17H,6,15H2,1-5H3. The molecule has 0 aliphatic rings. The number of amides is 1. The highest BCUT2D eigenvalue weighted by Gasteiger charge is 2.31. The molecule has 1 unspecified atom stereocenters. The van der Waals surface area contributed by atoms with Crippen LogP contribution >= 0.6 is 0 Å². The van der Waals surface area contributed by atoms with E-state index in [-0.39, 0.29) is 18.4 Å². The first-order chi connectivity index (χ1) is 15.6. The van der Waals surface area contributed by atoms with E-state index in [1.165, 1.54) is 10.7 Å². The summed E-state index contributed by atoms with van der Waals surface area (Å²) in [5, 5.41) is 4.43. The minimum absolute atomic E-state index is 0.0809. The van der Waals surface area contributed by atoms with E-state index in [1.807, 2.05) is 38.1 Å². The van der Waals surface area contributed by atoms with Crippen molar-refractivity contribution in [3.8, 4) is 11.4 Å². The number of hydrogen-bond acceptors (Lipinski definition) is 3. The second-order valence-corrected chi connectivity index (χ2v) is 7.92. The molecule has 176 valence electrons. The van der Waals surface area contributed by atoms with Crippen molar-refractivity contribution in [2.45, 2.75) is 46.3 Å². The number of aromatic nitrogens is 2. The van der Waals surface area contributed by atoms with Crippen LogP contribution in [-0.2, 0) is 17.4 Å². The van der Waals surface area contributed by atoms with Crippen molar-refractivity contribution < 1.29 is 22.7 Å². The van der Waals surface area contributed by atoms with Gasteiger partial charge in [0, 0.05) is 17.8 Å². The highest BCUT2D eigenvalue weighted by Crippen LogP contribution is 2.31. The fourth-order valence-corrected chi connectivity index (χ4v) is 4.00. The summed E-state index contributed by atoms with van der Waals surface area (Å²) in [6, 6.07) is 12.4. The molecule has 0 N–H and O–H groups in total. The summed E-state index contributed by atoms with van der Waals surface area (Å²) in [6.07, 6.45) is -4.33. The van der Waals surface area contributed by atoms with Crippen molar-refractivity contribution in [1.29, 1.82) is 0 Å². The van der Waals surface area contributed by atoms with E-state index in [4.69, 9.17) is 4.74 Å². The van der Waals surface area contributed by atoms with Crippen molar-refractivity contribution in [3.63, 3.8) is 0 Å². The van der Waals surface area contributed by atoms with Crippen LogP contribution in [-0.4, -0.2) is 34.2 Å². The second-order valence-electron chi connectivity index (χ2n) is 7.92. The van der Waals surface area contributed by atoms with E-state index < -0.39 is 11.7 Å². The van der Waals surface area contributed by atoms with Crippen LogP contribution in [0.3, 0.4) is 0 Å². The highest BCUT2D eigenvalue weighted by atomic mass is 19.4. The zero-order valence-electron chi connectivity index (χ0n) is 19.4. The largest absolute Gasteiger partial charge is 0.497 e. The molecule has 1 atom stereocenters. The van der Waals surface area contributed by atoms with Crippen LogP contribution < -0.4 is 4.74 Å². The van der Waals surface area contributed by atoms with Crippen LogP contribution in [0.5, 0.6) is 5.75 Å². The van der Waals surface area contributed by atoms with Gasteiger partial charge in [-0.05, 0) is 63.6 Å². The Bertz CT molecular complexity index is 1140. The van der Waals surface area contributed by atoms with Crippen molar-refractivity contribution in [1.82, 2.24) is 14.7 Å². The number of likely N-dealkylation sites (N-methyl/N-ethyl adjacent to an activating group) is 1. The molecule has 8 heteroatoms. The van der Waals surface area contributed by atoms with Crippen LogP contribution in [0.1, 0.15) is 48.0 Å². The molecule has 0 aliphatic carbocycles. The molecule has 2 aromatic carbocycles. The first kappa shape index (κ1) is 24.4. The molecule has 5 nitrogen and oxygen atoms in total. The van der Waals surface area contributed by atoms with E-state index in [0.29, 0.717) is 29.2 Å². The quantitative estimate of drug-likeness (QED) is 0.458. The number of hydrogen-bond donors (Lipinski definition) is 0. The Morgan fingerprint density at radius 3 is 2.48 bits per heavy atom. The maximum absolute atomic E-state index is 13.3. The predicted octanol–water partition coefficient (Wildman–Crippen LogP) is 5.67. The molecule has 0 saturated carbocycles. The van der Waals surface area contributed by atoms with Crippen molar-refractivity contribution in [2.24, 2.45) is 0 Å². The molecule has 0 aliphatic heterocycles. The van der Waals surface area contributed by atoms with Crippen LogP contribution in [0.15, 0.2) is 48.5 Å². The maximum Gasteiger partial charge on any atom is 0.416 e. The summed E-state index contributed by atoms with van der Waals surface area (Å²) < 4.78 is 46.2. The number of halogens is 3. The predicted molar refractivity (Wildman–Crippen MR) is 121 cm³/mol. The molecule has 1 aromatic heterocycles. The van der Waals surface area contributed by atoms with E-state index in [2.05, 4.69) is 5.10 Å². The lowest BCUT2D eigenvalue weighted by Crippen LogP contribution is -2.34. The first-order valence-electron chi connectivity index (χ1n) is 10.7. The number of alkyl halides is 3. The summed E-state index contributed by atoms with van der Waals surface area (Å²) in [5.74, 6) is 0.638. The molecule has 33 heavy (non-hydrogen) atoms. The lowest BCUT2D eigenvalue weighted by molar-refractivity contribution is -0.137. The fourth-order valence-electron chi connectivity index (χ4n) is 4.00. The van der Waals surface area contributed by atoms with Gasteiger partial charge in [-0.1, -0.05) is 18.2 Å². The third-order valence-electron chi connectivity index (χ3n) is 5.89. The highest BCUT2D eigenvalue weighted by molar-refractivity contribution is 5.80.